The summed E-state index contributed by atoms with van der Waals surface area (Å²) in [4.78, 5) is 27.6. The van der Waals surface area contributed by atoms with Crippen LogP contribution in [0.15, 0.2) is 24.3 Å². The quantitative estimate of drug-likeness (QED) is 0.293. The second-order valence-corrected chi connectivity index (χ2v) is 11.9. The lowest BCUT2D eigenvalue weighted by Gasteiger charge is -2.35. The Balaban J connectivity index is 0.000000428. The van der Waals surface area contributed by atoms with E-state index in [1.807, 2.05) is 31.7 Å². The molecule has 4 atom stereocenters. The number of ether oxygens (including phenoxy) is 1. The minimum Gasteiger partial charge on any atom is -0.447 e. The maximum absolute atomic E-state index is 14.0. The zero-order chi connectivity index (χ0) is 31.9. The Morgan fingerprint density at radius 3 is 2.40 bits per heavy atom. The van der Waals surface area contributed by atoms with Crippen molar-refractivity contribution < 1.29 is 41.9 Å². The third kappa shape index (κ3) is 9.85. The molecule has 1 aromatic carbocycles. The Hall–Kier alpha value is -2.89. The highest BCUT2D eigenvalue weighted by Crippen LogP contribution is 2.33. The van der Waals surface area contributed by atoms with Crippen LogP contribution in [0, 0.1) is 23.1 Å². The van der Waals surface area contributed by atoms with E-state index in [4.69, 9.17) is 10.00 Å². The molecule has 0 saturated carbocycles. The zero-order valence-corrected chi connectivity index (χ0v) is 24.7. The highest BCUT2D eigenvalue weighted by Gasteiger charge is 2.47. The number of alkyl carbamates (subject to hydrolysis) is 1. The number of carbonyl (C=O) groups is 2. The van der Waals surface area contributed by atoms with E-state index in [-0.39, 0.29) is 44.5 Å². The first-order valence-electron chi connectivity index (χ1n) is 13.9. The van der Waals surface area contributed by atoms with Crippen LogP contribution in [0.25, 0.3) is 0 Å². The summed E-state index contributed by atoms with van der Waals surface area (Å²) in [6, 6.07) is 7.11. The van der Waals surface area contributed by atoms with E-state index in [0.29, 0.717) is 12.1 Å². The van der Waals surface area contributed by atoms with Gasteiger partial charge in [-0.3, -0.25) is 9.69 Å². The van der Waals surface area contributed by atoms with E-state index in [0.717, 1.165) is 6.42 Å². The second-order valence-electron chi connectivity index (χ2n) is 11.9. The van der Waals surface area contributed by atoms with Gasteiger partial charge in [0.15, 0.2) is 0 Å². The van der Waals surface area contributed by atoms with Crippen LogP contribution in [-0.4, -0.2) is 94.3 Å². The summed E-state index contributed by atoms with van der Waals surface area (Å²) in [5.41, 5.74) is -0.650. The molecule has 0 radical (unpaired) electrons. The lowest BCUT2D eigenvalue weighted by Crippen LogP contribution is -2.52. The monoisotopic (exact) mass is 600 g/mol. The smallest absolute Gasteiger partial charge is 0.447 e. The molecule has 0 aliphatic carbocycles. The maximum atomic E-state index is 14.0. The van der Waals surface area contributed by atoms with Crippen LogP contribution >= 0.6 is 0 Å². The number of hydrogen-bond acceptors (Lipinski definition) is 7. The molecule has 2 aliphatic heterocycles. The molecule has 2 fully saturated rings. The van der Waals surface area contributed by atoms with Crippen LogP contribution in [0.3, 0.4) is 0 Å². The average Bonchev–Trinajstić information content (AvgIpc) is 3.45. The van der Waals surface area contributed by atoms with Gasteiger partial charge in [0.05, 0.1) is 30.6 Å². The molecule has 1 unspecified atom stereocenters. The van der Waals surface area contributed by atoms with E-state index in [1.54, 1.807) is 6.92 Å². The number of carbonyl (C=O) groups excluding carboxylic acids is 2. The normalized spacial score (nSPS) is 23.3. The highest BCUT2D eigenvalue weighted by molar-refractivity contribution is 6.43. The molecule has 2 amide bonds. The Kier molecular flexibility index (Phi) is 12.2. The Bertz CT molecular complexity index is 1100. The predicted octanol–water partition coefficient (Wildman–Crippen LogP) is 3.48. The van der Waals surface area contributed by atoms with Crippen molar-refractivity contribution in [3.8, 4) is 6.07 Å². The van der Waals surface area contributed by atoms with Crippen LogP contribution in [0.5, 0.6) is 0 Å². The van der Waals surface area contributed by atoms with Crippen molar-refractivity contribution in [1.29, 1.82) is 5.26 Å². The molecule has 14 heteroatoms. The molecule has 1 aromatic rings. The van der Waals surface area contributed by atoms with Gasteiger partial charge in [-0.15, -0.1) is 0 Å². The molecule has 0 aromatic heterocycles. The summed E-state index contributed by atoms with van der Waals surface area (Å²) in [6.07, 6.45) is -1.42. The molecular formula is C28H41BF4N4O5. The van der Waals surface area contributed by atoms with Crippen molar-refractivity contribution in [1.82, 2.24) is 15.1 Å². The topological polar surface area (TPSA) is 126 Å². The van der Waals surface area contributed by atoms with Crippen molar-refractivity contribution in [2.75, 3.05) is 26.2 Å². The number of halogens is 4. The summed E-state index contributed by atoms with van der Waals surface area (Å²) < 4.78 is 57.8. The zero-order valence-electron chi connectivity index (χ0n) is 24.7. The number of nitrogens with one attached hydrogen (secondary N) is 1. The fraction of sp³-hybridized carbons (Fsp3) is 0.679. The van der Waals surface area contributed by atoms with Gasteiger partial charge in [0, 0.05) is 24.9 Å². The van der Waals surface area contributed by atoms with Crippen molar-refractivity contribution >= 4 is 19.1 Å². The van der Waals surface area contributed by atoms with E-state index >= 15 is 0 Å². The van der Waals surface area contributed by atoms with Gasteiger partial charge in [-0.05, 0) is 58.2 Å². The number of amides is 2. The fourth-order valence-corrected chi connectivity index (χ4v) is 4.85. The molecule has 2 heterocycles. The van der Waals surface area contributed by atoms with Gasteiger partial charge in [0.1, 0.15) is 24.5 Å². The van der Waals surface area contributed by atoms with E-state index in [1.165, 1.54) is 36.1 Å². The molecule has 2 aliphatic rings. The minimum atomic E-state index is -2.45. The van der Waals surface area contributed by atoms with Gasteiger partial charge in [0.2, 0.25) is 5.91 Å². The molecule has 2 saturated heterocycles. The SMILES string of the molecule is CC(C#N)C(=O)N1C[C@@H](F)C[C@]1(C)COC(=O)N[C@@H](Cc1ccc(F)cc1)B(O)O.CCC(C)(C)N1CCC(F)(F)C1. The molecule has 3 rings (SSSR count). The van der Waals surface area contributed by atoms with E-state index in [2.05, 4.69) is 5.32 Å². The molecule has 3 N–H and O–H groups in total. The van der Waals surface area contributed by atoms with Crippen molar-refractivity contribution in [2.24, 2.45) is 5.92 Å². The molecule has 0 bridgehead atoms. The van der Waals surface area contributed by atoms with Crippen LogP contribution in [0.2, 0.25) is 0 Å². The van der Waals surface area contributed by atoms with Crippen LogP contribution in [0.4, 0.5) is 22.4 Å². The van der Waals surface area contributed by atoms with Crippen LogP contribution < -0.4 is 5.32 Å². The summed E-state index contributed by atoms with van der Waals surface area (Å²) in [6.45, 7) is 8.98. The number of hydrogen-bond donors (Lipinski definition) is 3. The van der Waals surface area contributed by atoms with Gasteiger partial charge in [0.25, 0.3) is 5.92 Å². The average molecular weight is 600 g/mol. The van der Waals surface area contributed by atoms with Gasteiger partial charge >= 0.3 is 13.2 Å². The fourth-order valence-electron chi connectivity index (χ4n) is 4.85. The number of alkyl halides is 3. The Labute approximate surface area is 244 Å². The molecule has 42 heavy (non-hydrogen) atoms. The second kappa shape index (κ2) is 14.5. The number of nitrogens with zero attached hydrogens (tertiary/aromatic N) is 3. The van der Waals surface area contributed by atoms with E-state index in [9.17, 15) is 37.2 Å². The summed E-state index contributed by atoms with van der Waals surface area (Å²) >= 11 is 0. The first kappa shape index (κ1) is 35.3. The third-order valence-electron chi connectivity index (χ3n) is 7.96. The van der Waals surface area contributed by atoms with Crippen molar-refractivity contribution in [2.45, 2.75) is 89.4 Å². The predicted molar refractivity (Wildman–Crippen MR) is 148 cm³/mol. The largest absolute Gasteiger partial charge is 0.475 e. The van der Waals surface area contributed by atoms with Crippen LogP contribution in [-0.2, 0) is 16.0 Å². The molecular weight excluding hydrogens is 559 g/mol. The van der Waals surface area contributed by atoms with Gasteiger partial charge in [-0.25, -0.2) is 22.4 Å². The van der Waals surface area contributed by atoms with Crippen LogP contribution in [0.1, 0.15) is 59.4 Å². The Morgan fingerprint density at radius 2 is 1.90 bits per heavy atom. The van der Waals surface area contributed by atoms with E-state index < -0.39 is 54.4 Å². The minimum absolute atomic E-state index is 0.00115. The Morgan fingerprint density at radius 1 is 1.29 bits per heavy atom. The first-order valence-corrected chi connectivity index (χ1v) is 13.9. The number of likely N-dealkylation sites (tertiary alicyclic amines) is 2. The van der Waals surface area contributed by atoms with Crippen molar-refractivity contribution in [3.63, 3.8) is 0 Å². The number of rotatable bonds is 9. The summed E-state index contributed by atoms with van der Waals surface area (Å²) in [5.74, 6) is -5.55. The van der Waals surface area contributed by atoms with Gasteiger partial charge < -0.3 is 25.0 Å². The standard InChI is InChI=1S/C19H24BF2N3O5.C9H17F2N/c1-12(9-23)17(26)25-10-15(22)8-19(25,2)11-30-18(27)24-16(20(28)29)7-13-3-5-14(21)6-4-13;1-4-8(2,3)12-6-5-9(10,11)7-12/h3-6,12,15-16,28-29H,7-8,10-11H2,1-2H3,(H,24,27);4-7H2,1-3H3/t12?,15-,16-,19+;/m0./s1. The van der Waals surface area contributed by atoms with Gasteiger partial charge in [-0.1, -0.05) is 19.1 Å². The maximum Gasteiger partial charge on any atom is 0.475 e. The lowest BCUT2D eigenvalue weighted by atomic mass is 9.76. The number of nitriles is 1. The molecule has 9 nitrogen and oxygen atoms in total. The summed E-state index contributed by atoms with van der Waals surface area (Å²) in [5, 5.41) is 30.3. The lowest BCUT2D eigenvalue weighted by molar-refractivity contribution is -0.138. The molecule has 0 spiro atoms. The van der Waals surface area contributed by atoms with Gasteiger partial charge in [-0.2, -0.15) is 5.26 Å². The third-order valence-corrected chi connectivity index (χ3v) is 7.96. The molecule has 234 valence electrons. The van der Waals surface area contributed by atoms with Crippen molar-refractivity contribution in [3.05, 3.63) is 35.6 Å². The highest BCUT2D eigenvalue weighted by atomic mass is 19.3. The summed E-state index contributed by atoms with van der Waals surface area (Å²) in [7, 11) is -1.91. The first-order chi connectivity index (χ1) is 19.4. The number of benzene rings is 1.